The molecule has 1 aromatic heterocycles. The second-order valence-electron chi connectivity index (χ2n) is 5.72. The number of halogens is 1. The summed E-state index contributed by atoms with van der Waals surface area (Å²) in [6.07, 6.45) is 4.29. The van der Waals surface area contributed by atoms with Crippen LogP contribution in [0.3, 0.4) is 0 Å². The molecule has 0 radical (unpaired) electrons. The fourth-order valence-corrected chi connectivity index (χ4v) is 4.01. The third-order valence-corrected chi connectivity index (χ3v) is 5.07. The fourth-order valence-electron chi connectivity index (χ4n) is 3.15. The van der Waals surface area contributed by atoms with E-state index in [0.29, 0.717) is 10.7 Å². The lowest BCUT2D eigenvalue weighted by Gasteiger charge is -2.28. The summed E-state index contributed by atoms with van der Waals surface area (Å²) >= 11 is 1.16. The van der Waals surface area contributed by atoms with Crippen molar-refractivity contribution < 1.29 is 14.3 Å². The van der Waals surface area contributed by atoms with E-state index in [1.165, 1.54) is 6.07 Å². The minimum Gasteiger partial charge on any atom is -0.481 e. The number of hydrogen-bond donors (Lipinski definition) is 1. The van der Waals surface area contributed by atoms with Gasteiger partial charge in [0.2, 0.25) is 0 Å². The molecule has 0 bridgehead atoms. The van der Waals surface area contributed by atoms with Crippen molar-refractivity contribution in [3.05, 3.63) is 24.0 Å². The zero-order chi connectivity index (χ0) is 15.0. The number of carbonyl (C=O) groups is 1. The van der Waals surface area contributed by atoms with Gasteiger partial charge in [-0.2, -0.15) is 0 Å². The fraction of sp³-hybridized carbons (Fsp3) is 0.467. The molecule has 1 aliphatic rings. The Bertz CT molecular complexity index is 692. The first kappa shape index (κ1) is 14.4. The van der Waals surface area contributed by atoms with Crippen LogP contribution < -0.4 is 0 Å². The van der Waals surface area contributed by atoms with Crippen LogP contribution in [0.25, 0.3) is 11.0 Å². The number of aliphatic carboxylic acids is 1. The van der Waals surface area contributed by atoms with Crippen LogP contribution in [0.1, 0.15) is 32.6 Å². The molecule has 1 aromatic carbocycles. The molecule has 1 N–H and O–H groups in total. The third kappa shape index (κ3) is 2.52. The van der Waals surface area contributed by atoms with Gasteiger partial charge in [0.15, 0.2) is 11.0 Å². The lowest BCUT2D eigenvalue weighted by atomic mass is 10.00. The van der Waals surface area contributed by atoms with Gasteiger partial charge in [0.05, 0.1) is 11.3 Å². The van der Waals surface area contributed by atoms with E-state index in [-0.39, 0.29) is 17.1 Å². The highest BCUT2D eigenvalue weighted by Crippen LogP contribution is 2.41. The smallest absolute Gasteiger partial charge is 0.313 e. The number of para-hydroxylation sites is 1. The molecule has 0 aliphatic heterocycles. The van der Waals surface area contributed by atoms with Gasteiger partial charge < -0.3 is 9.67 Å². The Kier molecular flexibility index (Phi) is 3.65. The molecule has 0 saturated heterocycles. The highest BCUT2D eigenvalue weighted by Gasteiger charge is 2.34. The summed E-state index contributed by atoms with van der Waals surface area (Å²) in [5, 5.41) is 9.49. The molecule has 0 unspecified atom stereocenters. The predicted octanol–water partition coefficient (Wildman–Crippen LogP) is 3.64. The van der Waals surface area contributed by atoms with Crippen molar-refractivity contribution in [1.29, 1.82) is 0 Å². The van der Waals surface area contributed by atoms with Crippen molar-refractivity contribution in [3.63, 3.8) is 0 Å². The van der Waals surface area contributed by atoms with E-state index in [1.807, 2.05) is 10.6 Å². The number of aromatic nitrogens is 2. The SMILES string of the molecule is CC1(n2c(SCC(=O)O)nc3c(F)cccc32)CCCC1. The van der Waals surface area contributed by atoms with Gasteiger partial charge in [-0.1, -0.05) is 30.7 Å². The molecule has 6 heteroatoms. The molecular weight excluding hydrogens is 291 g/mol. The first-order valence-electron chi connectivity index (χ1n) is 7.03. The number of thioether (sulfide) groups is 1. The van der Waals surface area contributed by atoms with Gasteiger partial charge in [0.1, 0.15) is 5.52 Å². The minimum atomic E-state index is -0.893. The standard InChI is InChI=1S/C15H17FN2O2S/c1-15(7-2-3-8-15)18-11-6-4-5-10(16)13(11)17-14(18)21-9-12(19)20/h4-6H,2-3,7-9H2,1H3,(H,19,20). The molecule has 1 fully saturated rings. The first-order chi connectivity index (χ1) is 10.0. The lowest BCUT2D eigenvalue weighted by Crippen LogP contribution is -2.27. The van der Waals surface area contributed by atoms with Crippen molar-refractivity contribution in [2.75, 3.05) is 5.75 Å². The largest absolute Gasteiger partial charge is 0.481 e. The van der Waals surface area contributed by atoms with Crippen molar-refractivity contribution in [1.82, 2.24) is 9.55 Å². The molecule has 0 amide bonds. The summed E-state index contributed by atoms with van der Waals surface area (Å²) in [7, 11) is 0. The van der Waals surface area contributed by atoms with Crippen molar-refractivity contribution >= 4 is 28.8 Å². The number of carboxylic acid groups (broad SMARTS) is 1. The molecule has 0 atom stereocenters. The molecule has 2 aromatic rings. The Morgan fingerprint density at radius 2 is 2.19 bits per heavy atom. The molecule has 1 heterocycles. The summed E-state index contributed by atoms with van der Waals surface area (Å²) < 4.78 is 16.0. The number of hydrogen-bond acceptors (Lipinski definition) is 3. The second kappa shape index (κ2) is 5.33. The summed E-state index contributed by atoms with van der Waals surface area (Å²) in [5.74, 6) is -1.32. The Morgan fingerprint density at radius 1 is 1.48 bits per heavy atom. The van der Waals surface area contributed by atoms with Gasteiger partial charge in [-0.25, -0.2) is 9.37 Å². The van der Waals surface area contributed by atoms with E-state index < -0.39 is 5.97 Å². The summed E-state index contributed by atoms with van der Waals surface area (Å²) in [6, 6.07) is 4.93. The molecule has 4 nitrogen and oxygen atoms in total. The van der Waals surface area contributed by atoms with Gasteiger partial charge >= 0.3 is 5.97 Å². The Labute approximate surface area is 126 Å². The van der Waals surface area contributed by atoms with Gasteiger partial charge in [-0.05, 0) is 31.9 Å². The molecular formula is C15H17FN2O2S. The van der Waals surface area contributed by atoms with Crippen LogP contribution in [0.4, 0.5) is 4.39 Å². The van der Waals surface area contributed by atoms with Gasteiger partial charge in [-0.3, -0.25) is 4.79 Å². The highest BCUT2D eigenvalue weighted by molar-refractivity contribution is 7.99. The van der Waals surface area contributed by atoms with Crippen LogP contribution in [0.15, 0.2) is 23.4 Å². The molecule has 1 aliphatic carbocycles. The first-order valence-corrected chi connectivity index (χ1v) is 8.02. The zero-order valence-electron chi connectivity index (χ0n) is 11.8. The van der Waals surface area contributed by atoms with E-state index in [2.05, 4.69) is 11.9 Å². The van der Waals surface area contributed by atoms with Crippen LogP contribution >= 0.6 is 11.8 Å². The summed E-state index contributed by atoms with van der Waals surface area (Å²) in [5.41, 5.74) is 0.981. The maximum Gasteiger partial charge on any atom is 0.313 e. The number of nitrogens with zero attached hydrogens (tertiary/aromatic N) is 2. The van der Waals surface area contributed by atoms with E-state index in [1.54, 1.807) is 6.07 Å². The minimum absolute atomic E-state index is 0.0684. The second-order valence-corrected chi connectivity index (χ2v) is 6.67. The van der Waals surface area contributed by atoms with E-state index in [4.69, 9.17) is 5.11 Å². The number of fused-ring (bicyclic) bond motifs is 1. The summed E-state index contributed by atoms with van der Waals surface area (Å²) in [6.45, 7) is 2.15. The maximum atomic E-state index is 14.0. The zero-order valence-corrected chi connectivity index (χ0v) is 12.6. The van der Waals surface area contributed by atoms with Crippen LogP contribution in [0.2, 0.25) is 0 Å². The van der Waals surface area contributed by atoms with E-state index in [9.17, 15) is 9.18 Å². The number of rotatable bonds is 4. The normalized spacial score (nSPS) is 17.4. The Balaban J connectivity index is 2.15. The summed E-state index contributed by atoms with van der Waals surface area (Å²) in [4.78, 5) is 15.2. The Morgan fingerprint density at radius 3 is 2.86 bits per heavy atom. The quantitative estimate of drug-likeness (QED) is 0.876. The van der Waals surface area contributed by atoms with Crippen LogP contribution in [-0.4, -0.2) is 26.4 Å². The van der Waals surface area contributed by atoms with Crippen LogP contribution in [0, 0.1) is 5.82 Å². The average Bonchev–Trinajstić information content (AvgIpc) is 3.01. The molecule has 21 heavy (non-hydrogen) atoms. The van der Waals surface area contributed by atoms with Gasteiger partial charge in [-0.15, -0.1) is 0 Å². The predicted molar refractivity (Wildman–Crippen MR) is 80.2 cm³/mol. The van der Waals surface area contributed by atoms with E-state index in [0.717, 1.165) is 43.0 Å². The van der Waals surface area contributed by atoms with Crippen molar-refractivity contribution in [3.8, 4) is 0 Å². The number of benzene rings is 1. The maximum absolute atomic E-state index is 14.0. The van der Waals surface area contributed by atoms with Gasteiger partial charge in [0, 0.05) is 5.54 Å². The van der Waals surface area contributed by atoms with Crippen molar-refractivity contribution in [2.24, 2.45) is 0 Å². The van der Waals surface area contributed by atoms with Gasteiger partial charge in [0.25, 0.3) is 0 Å². The number of imidazole rings is 1. The highest BCUT2D eigenvalue weighted by atomic mass is 32.2. The average molecular weight is 308 g/mol. The molecule has 3 rings (SSSR count). The van der Waals surface area contributed by atoms with Crippen LogP contribution in [0.5, 0.6) is 0 Å². The number of carboxylic acids is 1. The van der Waals surface area contributed by atoms with Crippen LogP contribution in [-0.2, 0) is 10.3 Å². The van der Waals surface area contributed by atoms with E-state index >= 15 is 0 Å². The lowest BCUT2D eigenvalue weighted by molar-refractivity contribution is -0.133. The third-order valence-electron chi connectivity index (χ3n) is 4.15. The topological polar surface area (TPSA) is 55.1 Å². The monoisotopic (exact) mass is 308 g/mol. The van der Waals surface area contributed by atoms with Crippen molar-refractivity contribution in [2.45, 2.75) is 43.3 Å². The Hall–Kier alpha value is -1.56. The molecule has 112 valence electrons. The molecule has 1 saturated carbocycles. The molecule has 0 spiro atoms.